The van der Waals surface area contributed by atoms with Crippen LogP contribution in [0.3, 0.4) is 0 Å². The van der Waals surface area contributed by atoms with Crippen LogP contribution in [0.5, 0.6) is 0 Å². The van der Waals surface area contributed by atoms with Gasteiger partial charge in [0.15, 0.2) is 0 Å². The zero-order valence-electron chi connectivity index (χ0n) is 10.6. The van der Waals surface area contributed by atoms with E-state index in [1.807, 2.05) is 13.0 Å². The molecule has 2 rings (SSSR count). The summed E-state index contributed by atoms with van der Waals surface area (Å²) in [7, 11) is -3.66. The summed E-state index contributed by atoms with van der Waals surface area (Å²) in [6.07, 6.45) is 2.35. The van der Waals surface area contributed by atoms with Crippen molar-refractivity contribution in [2.45, 2.75) is 24.7 Å². The van der Waals surface area contributed by atoms with Crippen molar-refractivity contribution in [1.29, 1.82) is 5.26 Å². The fourth-order valence-electron chi connectivity index (χ4n) is 1.93. The Bertz CT molecular complexity index is 618. The van der Waals surface area contributed by atoms with Gasteiger partial charge in [-0.05, 0) is 42.9 Å². The lowest BCUT2D eigenvalue weighted by Gasteiger charge is -2.12. The molecule has 0 bridgehead atoms. The lowest BCUT2D eigenvalue weighted by molar-refractivity contribution is 0.492. The molecular formula is C13H15ClN2O2S. The number of hydrogen-bond acceptors (Lipinski definition) is 3. The molecule has 1 unspecified atom stereocenters. The minimum Gasteiger partial charge on any atom is -0.211 e. The zero-order chi connectivity index (χ0) is 14.0. The first kappa shape index (κ1) is 14.3. The van der Waals surface area contributed by atoms with Crippen LogP contribution in [0.1, 0.15) is 25.3 Å². The van der Waals surface area contributed by atoms with E-state index in [0.717, 1.165) is 0 Å². The molecule has 0 aliphatic heterocycles. The Hall–Kier alpha value is -1.09. The van der Waals surface area contributed by atoms with E-state index in [4.69, 9.17) is 16.9 Å². The number of rotatable bonds is 5. The standard InChI is InChI=1S/C13H15ClN2O2S/c1-9(11-3-4-11)8-16-19(17,18)13-6-10(7-15)2-5-12(13)14/h2,5-6,9,11,16H,3-4,8H2,1H3. The quantitative estimate of drug-likeness (QED) is 0.908. The molecular weight excluding hydrogens is 284 g/mol. The van der Waals surface area contributed by atoms with E-state index >= 15 is 0 Å². The Balaban J connectivity index is 2.16. The van der Waals surface area contributed by atoms with Crippen molar-refractivity contribution >= 4 is 21.6 Å². The molecule has 0 aromatic heterocycles. The summed E-state index contributed by atoms with van der Waals surface area (Å²) in [6.45, 7) is 2.44. The first-order chi connectivity index (χ1) is 8.94. The largest absolute Gasteiger partial charge is 0.242 e. The average molecular weight is 299 g/mol. The summed E-state index contributed by atoms with van der Waals surface area (Å²) in [5.74, 6) is 0.955. The SMILES string of the molecule is CC(CNS(=O)(=O)c1cc(C#N)ccc1Cl)C1CC1. The van der Waals surface area contributed by atoms with E-state index in [2.05, 4.69) is 4.72 Å². The van der Waals surface area contributed by atoms with Crippen molar-refractivity contribution < 1.29 is 8.42 Å². The van der Waals surface area contributed by atoms with Gasteiger partial charge in [-0.2, -0.15) is 5.26 Å². The van der Waals surface area contributed by atoms with E-state index in [1.54, 1.807) is 0 Å². The number of sulfonamides is 1. The van der Waals surface area contributed by atoms with Gasteiger partial charge in [-0.1, -0.05) is 18.5 Å². The molecule has 1 N–H and O–H groups in total. The van der Waals surface area contributed by atoms with Gasteiger partial charge >= 0.3 is 0 Å². The van der Waals surface area contributed by atoms with E-state index in [9.17, 15) is 8.42 Å². The molecule has 0 spiro atoms. The van der Waals surface area contributed by atoms with Gasteiger partial charge in [-0.3, -0.25) is 0 Å². The van der Waals surface area contributed by atoms with Gasteiger partial charge in [-0.25, -0.2) is 13.1 Å². The molecule has 1 aromatic rings. The predicted octanol–water partition coefficient (Wildman–Crippen LogP) is 2.54. The molecule has 1 saturated carbocycles. The number of nitrogens with one attached hydrogen (secondary N) is 1. The summed E-state index contributed by atoms with van der Waals surface area (Å²) in [4.78, 5) is -0.0313. The van der Waals surface area contributed by atoms with Gasteiger partial charge in [-0.15, -0.1) is 0 Å². The van der Waals surface area contributed by atoms with E-state index < -0.39 is 10.0 Å². The molecule has 1 aliphatic carbocycles. The van der Waals surface area contributed by atoms with Gasteiger partial charge in [0.1, 0.15) is 4.90 Å². The van der Waals surface area contributed by atoms with Crippen molar-refractivity contribution in [1.82, 2.24) is 4.72 Å². The average Bonchev–Trinajstić information content (AvgIpc) is 3.20. The highest BCUT2D eigenvalue weighted by Crippen LogP contribution is 2.36. The topological polar surface area (TPSA) is 70.0 Å². The van der Waals surface area contributed by atoms with Crippen LogP contribution in [0, 0.1) is 23.2 Å². The molecule has 0 amide bonds. The summed E-state index contributed by atoms with van der Waals surface area (Å²) < 4.78 is 26.9. The summed E-state index contributed by atoms with van der Waals surface area (Å²) >= 11 is 5.90. The molecule has 1 atom stereocenters. The maximum absolute atomic E-state index is 12.2. The minimum absolute atomic E-state index is 0.0313. The molecule has 6 heteroatoms. The number of nitriles is 1. The number of benzene rings is 1. The summed E-state index contributed by atoms with van der Waals surface area (Å²) in [5.41, 5.74) is 0.278. The van der Waals surface area contributed by atoms with Gasteiger partial charge < -0.3 is 0 Å². The maximum Gasteiger partial charge on any atom is 0.242 e. The van der Waals surface area contributed by atoms with E-state index in [-0.39, 0.29) is 15.5 Å². The van der Waals surface area contributed by atoms with Crippen LogP contribution in [0.2, 0.25) is 5.02 Å². The van der Waals surface area contributed by atoms with Crippen LogP contribution in [0.15, 0.2) is 23.1 Å². The number of nitrogens with zero attached hydrogens (tertiary/aromatic N) is 1. The number of halogens is 1. The fourth-order valence-corrected chi connectivity index (χ4v) is 3.60. The first-order valence-corrected chi connectivity index (χ1v) is 7.99. The molecule has 0 heterocycles. The second kappa shape index (κ2) is 5.49. The summed E-state index contributed by atoms with van der Waals surface area (Å²) in [6, 6.07) is 6.13. The van der Waals surface area contributed by atoms with Crippen LogP contribution in [0.4, 0.5) is 0 Å². The molecule has 1 aliphatic rings. The van der Waals surface area contributed by atoms with Gasteiger partial charge in [0.05, 0.1) is 16.7 Å². The first-order valence-electron chi connectivity index (χ1n) is 6.13. The Morgan fingerprint density at radius 2 is 2.21 bits per heavy atom. The van der Waals surface area contributed by atoms with Gasteiger partial charge in [0.2, 0.25) is 10.0 Å². The Labute approximate surface area is 118 Å². The third kappa shape index (κ3) is 3.47. The van der Waals surface area contributed by atoms with Crippen molar-refractivity contribution in [3.63, 3.8) is 0 Å². The summed E-state index contributed by atoms with van der Waals surface area (Å²) in [5, 5.41) is 8.94. The molecule has 19 heavy (non-hydrogen) atoms. The highest BCUT2D eigenvalue weighted by Gasteiger charge is 2.29. The normalized spacial score (nSPS) is 16.9. The van der Waals surface area contributed by atoms with Crippen molar-refractivity contribution in [3.8, 4) is 6.07 Å². The van der Waals surface area contributed by atoms with Crippen molar-refractivity contribution in [2.75, 3.05) is 6.54 Å². The Morgan fingerprint density at radius 1 is 1.53 bits per heavy atom. The van der Waals surface area contributed by atoms with Crippen molar-refractivity contribution in [2.24, 2.45) is 11.8 Å². The molecule has 102 valence electrons. The van der Waals surface area contributed by atoms with Gasteiger partial charge in [0, 0.05) is 6.54 Å². The monoisotopic (exact) mass is 298 g/mol. The van der Waals surface area contributed by atoms with E-state index in [1.165, 1.54) is 31.0 Å². The lowest BCUT2D eigenvalue weighted by Crippen LogP contribution is -2.29. The number of hydrogen-bond donors (Lipinski definition) is 1. The van der Waals surface area contributed by atoms with E-state index in [0.29, 0.717) is 18.4 Å². The zero-order valence-corrected chi connectivity index (χ0v) is 12.1. The molecule has 0 saturated heterocycles. The third-order valence-electron chi connectivity index (χ3n) is 3.37. The van der Waals surface area contributed by atoms with Crippen LogP contribution in [-0.2, 0) is 10.0 Å². The lowest BCUT2D eigenvalue weighted by atomic mass is 10.1. The smallest absolute Gasteiger partial charge is 0.211 e. The Morgan fingerprint density at radius 3 is 2.79 bits per heavy atom. The minimum atomic E-state index is -3.66. The van der Waals surface area contributed by atoms with Crippen molar-refractivity contribution in [3.05, 3.63) is 28.8 Å². The third-order valence-corrected chi connectivity index (χ3v) is 5.28. The molecule has 0 radical (unpaired) electrons. The maximum atomic E-state index is 12.2. The van der Waals surface area contributed by atoms with Gasteiger partial charge in [0.25, 0.3) is 0 Å². The molecule has 1 aromatic carbocycles. The Kier molecular flexibility index (Phi) is 4.14. The fraction of sp³-hybridized carbons (Fsp3) is 0.462. The highest BCUT2D eigenvalue weighted by atomic mass is 35.5. The van der Waals surface area contributed by atoms with Crippen LogP contribution >= 0.6 is 11.6 Å². The molecule has 1 fully saturated rings. The predicted molar refractivity (Wildman–Crippen MR) is 73.2 cm³/mol. The van der Waals surface area contributed by atoms with Crippen LogP contribution < -0.4 is 4.72 Å². The molecule has 4 nitrogen and oxygen atoms in total. The van der Waals surface area contributed by atoms with Crippen LogP contribution in [-0.4, -0.2) is 15.0 Å². The second-order valence-electron chi connectivity index (χ2n) is 4.92. The van der Waals surface area contributed by atoms with Crippen LogP contribution in [0.25, 0.3) is 0 Å². The highest BCUT2D eigenvalue weighted by molar-refractivity contribution is 7.89. The second-order valence-corrected chi connectivity index (χ2v) is 7.07.